The molecule has 2 heteroatoms. The molecule has 0 aromatic heterocycles. The van der Waals surface area contributed by atoms with Crippen LogP contribution < -0.4 is 0 Å². The second kappa shape index (κ2) is 5.20. The smallest absolute Gasteiger partial charge is 0.250 e. The number of allylic oxidation sites excluding steroid dienone is 1. The van der Waals surface area contributed by atoms with E-state index in [2.05, 4.69) is 67.2 Å². The summed E-state index contributed by atoms with van der Waals surface area (Å²) in [5.41, 5.74) is 2.24. The van der Waals surface area contributed by atoms with Gasteiger partial charge in [-0.05, 0) is 44.4 Å². The first kappa shape index (κ1) is 17.3. The zero-order valence-electron chi connectivity index (χ0n) is 15.0. The summed E-state index contributed by atoms with van der Waals surface area (Å²) >= 11 is 0. The maximum absolute atomic E-state index is 13.2. The molecule has 0 radical (unpaired) electrons. The standard InChI is InChI=1S/C18H33NO/c1-16(2,3)13-11-10-12-19(18(7,8)9)15(20)14(13)17(4,5)6/h10-12H2,1-9H3. The van der Waals surface area contributed by atoms with E-state index in [0.29, 0.717) is 0 Å². The van der Waals surface area contributed by atoms with E-state index >= 15 is 0 Å². The second-order valence-electron chi connectivity index (χ2n) is 9.08. The highest BCUT2D eigenvalue weighted by Crippen LogP contribution is 2.42. The van der Waals surface area contributed by atoms with Crippen molar-refractivity contribution in [2.45, 2.75) is 80.7 Å². The van der Waals surface area contributed by atoms with Crippen molar-refractivity contribution in [1.29, 1.82) is 0 Å². The van der Waals surface area contributed by atoms with Crippen LogP contribution in [-0.2, 0) is 4.79 Å². The SMILES string of the molecule is CC(C)(C)C1=C(C(C)(C)C)C(=O)N(C(C)(C)C)CCC1. The van der Waals surface area contributed by atoms with Crippen LogP contribution in [0.25, 0.3) is 0 Å². The summed E-state index contributed by atoms with van der Waals surface area (Å²) < 4.78 is 0. The van der Waals surface area contributed by atoms with E-state index in [-0.39, 0.29) is 22.3 Å². The summed E-state index contributed by atoms with van der Waals surface area (Å²) in [4.78, 5) is 15.2. The molecule has 0 aromatic rings. The largest absolute Gasteiger partial charge is 0.334 e. The fourth-order valence-corrected chi connectivity index (χ4v) is 3.07. The first-order valence-electron chi connectivity index (χ1n) is 7.82. The number of hydrogen-bond donors (Lipinski definition) is 0. The van der Waals surface area contributed by atoms with E-state index in [1.54, 1.807) is 0 Å². The summed E-state index contributed by atoms with van der Waals surface area (Å²) in [6.07, 6.45) is 2.10. The Morgan fingerprint density at radius 1 is 0.850 bits per heavy atom. The molecule has 0 bridgehead atoms. The maximum atomic E-state index is 13.2. The van der Waals surface area contributed by atoms with Gasteiger partial charge in [0.2, 0.25) is 0 Å². The van der Waals surface area contributed by atoms with E-state index in [9.17, 15) is 4.79 Å². The van der Waals surface area contributed by atoms with Crippen molar-refractivity contribution < 1.29 is 4.79 Å². The third kappa shape index (κ3) is 3.65. The van der Waals surface area contributed by atoms with E-state index in [1.165, 1.54) is 5.57 Å². The van der Waals surface area contributed by atoms with Gasteiger partial charge in [-0.2, -0.15) is 0 Å². The van der Waals surface area contributed by atoms with E-state index < -0.39 is 0 Å². The fraction of sp³-hybridized carbons (Fsp3) is 0.833. The predicted octanol–water partition coefficient (Wildman–Crippen LogP) is 4.80. The van der Waals surface area contributed by atoms with Crippen LogP contribution in [0.3, 0.4) is 0 Å². The third-order valence-corrected chi connectivity index (χ3v) is 4.03. The molecule has 1 aliphatic rings. The van der Waals surface area contributed by atoms with E-state index in [4.69, 9.17) is 0 Å². The Bertz CT molecular complexity index is 410. The summed E-state index contributed by atoms with van der Waals surface area (Å²) in [5, 5.41) is 0. The van der Waals surface area contributed by atoms with Crippen LogP contribution in [0.1, 0.15) is 75.2 Å². The van der Waals surface area contributed by atoms with Gasteiger partial charge in [-0.3, -0.25) is 4.79 Å². The van der Waals surface area contributed by atoms with Crippen molar-refractivity contribution >= 4 is 5.91 Å². The number of rotatable bonds is 0. The minimum Gasteiger partial charge on any atom is -0.334 e. The van der Waals surface area contributed by atoms with Gasteiger partial charge in [0.1, 0.15) is 0 Å². The van der Waals surface area contributed by atoms with Crippen LogP contribution in [0.2, 0.25) is 0 Å². The average Bonchev–Trinajstić information content (AvgIpc) is 2.33. The lowest BCUT2D eigenvalue weighted by atomic mass is 9.73. The van der Waals surface area contributed by atoms with Gasteiger partial charge in [-0.1, -0.05) is 47.1 Å². The van der Waals surface area contributed by atoms with Crippen molar-refractivity contribution in [3.63, 3.8) is 0 Å². The van der Waals surface area contributed by atoms with Crippen LogP contribution in [0, 0.1) is 10.8 Å². The first-order valence-corrected chi connectivity index (χ1v) is 7.82. The van der Waals surface area contributed by atoms with Crippen LogP contribution in [0.5, 0.6) is 0 Å². The Kier molecular flexibility index (Phi) is 4.49. The van der Waals surface area contributed by atoms with Crippen molar-refractivity contribution in [2.24, 2.45) is 10.8 Å². The zero-order chi connectivity index (χ0) is 15.9. The lowest BCUT2D eigenvalue weighted by molar-refractivity contribution is -0.132. The van der Waals surface area contributed by atoms with Gasteiger partial charge in [-0.25, -0.2) is 0 Å². The minimum absolute atomic E-state index is 0.0617. The van der Waals surface area contributed by atoms with Crippen LogP contribution >= 0.6 is 0 Å². The quantitative estimate of drug-likeness (QED) is 0.624. The molecule has 0 aromatic carbocycles. The molecule has 0 spiro atoms. The van der Waals surface area contributed by atoms with Crippen molar-refractivity contribution in [3.8, 4) is 0 Å². The van der Waals surface area contributed by atoms with Crippen LogP contribution in [0.4, 0.5) is 0 Å². The van der Waals surface area contributed by atoms with E-state index in [1.807, 2.05) is 0 Å². The molecular weight excluding hydrogens is 246 g/mol. The molecule has 1 rings (SSSR count). The van der Waals surface area contributed by atoms with Crippen LogP contribution in [0.15, 0.2) is 11.1 Å². The van der Waals surface area contributed by atoms with Gasteiger partial charge < -0.3 is 4.90 Å². The zero-order valence-corrected chi connectivity index (χ0v) is 15.0. The molecule has 1 amide bonds. The Labute approximate surface area is 125 Å². The summed E-state index contributed by atoms with van der Waals surface area (Å²) in [5.74, 6) is 0.243. The molecule has 1 aliphatic heterocycles. The van der Waals surface area contributed by atoms with Crippen LogP contribution in [-0.4, -0.2) is 22.9 Å². The van der Waals surface area contributed by atoms with Gasteiger partial charge >= 0.3 is 0 Å². The topological polar surface area (TPSA) is 20.3 Å². The fourth-order valence-electron chi connectivity index (χ4n) is 3.07. The third-order valence-electron chi connectivity index (χ3n) is 4.03. The first-order chi connectivity index (χ1) is 8.76. The van der Waals surface area contributed by atoms with Gasteiger partial charge in [0.05, 0.1) is 0 Å². The second-order valence-corrected chi connectivity index (χ2v) is 9.08. The molecule has 0 aliphatic carbocycles. The Morgan fingerprint density at radius 2 is 1.35 bits per heavy atom. The molecule has 0 saturated heterocycles. The summed E-state index contributed by atoms with van der Waals surface area (Å²) in [7, 11) is 0. The Morgan fingerprint density at radius 3 is 1.70 bits per heavy atom. The molecule has 0 atom stereocenters. The maximum Gasteiger partial charge on any atom is 0.250 e. The molecule has 0 fully saturated rings. The number of carbonyl (C=O) groups excluding carboxylic acids is 1. The average molecular weight is 279 g/mol. The lowest BCUT2D eigenvalue weighted by Crippen LogP contribution is -2.47. The lowest BCUT2D eigenvalue weighted by Gasteiger charge is -2.38. The monoisotopic (exact) mass is 279 g/mol. The Balaban J connectivity index is 3.47. The van der Waals surface area contributed by atoms with Gasteiger partial charge in [0.15, 0.2) is 0 Å². The highest BCUT2D eigenvalue weighted by molar-refractivity contribution is 5.96. The summed E-state index contributed by atoms with van der Waals surface area (Å²) in [6, 6.07) is 0. The predicted molar refractivity (Wildman–Crippen MR) is 86.6 cm³/mol. The molecule has 0 N–H and O–H groups in total. The molecule has 116 valence electrons. The molecule has 1 heterocycles. The normalized spacial score (nSPS) is 19.4. The number of carbonyl (C=O) groups is 1. The number of amides is 1. The minimum atomic E-state index is -0.110. The highest BCUT2D eigenvalue weighted by Gasteiger charge is 2.39. The van der Waals surface area contributed by atoms with Crippen molar-refractivity contribution in [2.75, 3.05) is 6.54 Å². The Hall–Kier alpha value is -0.790. The van der Waals surface area contributed by atoms with Crippen molar-refractivity contribution in [3.05, 3.63) is 11.1 Å². The molecule has 0 unspecified atom stereocenters. The van der Waals surface area contributed by atoms with E-state index in [0.717, 1.165) is 25.0 Å². The summed E-state index contributed by atoms with van der Waals surface area (Å²) in [6.45, 7) is 20.4. The molecule has 0 saturated carbocycles. The van der Waals surface area contributed by atoms with Gasteiger partial charge in [0.25, 0.3) is 5.91 Å². The molecule has 2 nitrogen and oxygen atoms in total. The molecule has 20 heavy (non-hydrogen) atoms. The highest BCUT2D eigenvalue weighted by atomic mass is 16.2. The van der Waals surface area contributed by atoms with Gasteiger partial charge in [0, 0.05) is 17.7 Å². The molecular formula is C18H33NO. The number of hydrogen-bond acceptors (Lipinski definition) is 1. The van der Waals surface area contributed by atoms with Crippen molar-refractivity contribution in [1.82, 2.24) is 4.90 Å². The van der Waals surface area contributed by atoms with Gasteiger partial charge in [-0.15, -0.1) is 0 Å². The number of nitrogens with zero attached hydrogens (tertiary/aromatic N) is 1.